The number of hydrogen-bond donors (Lipinski definition) is 1. The number of pyridine rings is 1. The first-order valence-electron chi connectivity index (χ1n) is 6.87. The summed E-state index contributed by atoms with van der Waals surface area (Å²) in [6.07, 6.45) is 9.94. The van der Waals surface area contributed by atoms with Crippen LogP contribution in [0.5, 0.6) is 0 Å². The van der Waals surface area contributed by atoms with Gasteiger partial charge in [0.25, 0.3) is 0 Å². The second-order valence-corrected chi connectivity index (χ2v) is 5.07. The molecule has 3 heterocycles. The fourth-order valence-corrected chi connectivity index (χ4v) is 2.55. The molecule has 110 valence electrons. The van der Waals surface area contributed by atoms with Gasteiger partial charge in [0.15, 0.2) is 5.78 Å². The minimum Gasteiger partial charge on any atom is -0.294 e. The van der Waals surface area contributed by atoms with E-state index in [9.17, 15) is 10.0 Å². The van der Waals surface area contributed by atoms with Gasteiger partial charge in [0.2, 0.25) is 0 Å². The Hall–Kier alpha value is -2.79. The van der Waals surface area contributed by atoms with Crippen LogP contribution >= 0.6 is 0 Å². The molecule has 0 spiro atoms. The number of carbonyl (C=O) groups excluding carboxylic acids is 1. The largest absolute Gasteiger partial charge is 0.294 e. The molecular formula is C17H15N3O2. The van der Waals surface area contributed by atoms with Crippen LogP contribution in [0.4, 0.5) is 0 Å². The molecule has 0 unspecified atom stereocenters. The van der Waals surface area contributed by atoms with Crippen LogP contribution in [0.3, 0.4) is 0 Å². The van der Waals surface area contributed by atoms with E-state index >= 15 is 0 Å². The summed E-state index contributed by atoms with van der Waals surface area (Å²) in [7, 11) is 0. The van der Waals surface area contributed by atoms with E-state index in [1.54, 1.807) is 31.5 Å². The first-order valence-corrected chi connectivity index (χ1v) is 6.87. The number of nitrogens with zero attached hydrogens (tertiary/aromatic N) is 3. The van der Waals surface area contributed by atoms with E-state index in [1.165, 1.54) is 12.4 Å². The Bertz CT molecular complexity index is 767. The van der Waals surface area contributed by atoms with E-state index in [0.29, 0.717) is 11.3 Å². The van der Waals surface area contributed by atoms with Crippen LogP contribution in [0.15, 0.2) is 76.5 Å². The summed E-state index contributed by atoms with van der Waals surface area (Å²) in [6, 6.07) is 3.68. The van der Waals surface area contributed by atoms with Crippen LogP contribution in [0.25, 0.3) is 0 Å². The Kier molecular flexibility index (Phi) is 3.56. The quantitative estimate of drug-likeness (QED) is 0.910. The minimum atomic E-state index is -0.0174. The minimum absolute atomic E-state index is 0.0174. The Morgan fingerprint density at radius 3 is 2.41 bits per heavy atom. The van der Waals surface area contributed by atoms with Crippen molar-refractivity contribution >= 4 is 11.5 Å². The van der Waals surface area contributed by atoms with Crippen LogP contribution in [0, 0.1) is 0 Å². The van der Waals surface area contributed by atoms with Crippen LogP contribution in [-0.2, 0) is 4.79 Å². The van der Waals surface area contributed by atoms with Gasteiger partial charge in [-0.25, -0.2) is 10.1 Å². The van der Waals surface area contributed by atoms with Gasteiger partial charge in [0, 0.05) is 41.5 Å². The van der Waals surface area contributed by atoms with Gasteiger partial charge >= 0.3 is 0 Å². The lowest BCUT2D eigenvalue weighted by Gasteiger charge is -2.11. The summed E-state index contributed by atoms with van der Waals surface area (Å²) >= 11 is 0. The molecule has 0 amide bonds. The van der Waals surface area contributed by atoms with Crippen molar-refractivity contribution in [3.63, 3.8) is 0 Å². The molecule has 5 heteroatoms. The molecule has 2 aliphatic rings. The van der Waals surface area contributed by atoms with Crippen molar-refractivity contribution in [1.82, 2.24) is 10.0 Å². The number of Topliss-reactive ketones (excluding diaryl/α,β-unsaturated/α-hetero) is 1. The smallest absolute Gasteiger partial charge is 0.162 e. The molecule has 0 radical (unpaired) electrons. The van der Waals surface area contributed by atoms with Crippen molar-refractivity contribution < 1.29 is 10.0 Å². The third-order valence-corrected chi connectivity index (χ3v) is 3.58. The highest BCUT2D eigenvalue weighted by Gasteiger charge is 2.26. The van der Waals surface area contributed by atoms with Crippen LogP contribution in [-0.4, -0.2) is 26.7 Å². The van der Waals surface area contributed by atoms with Crippen LogP contribution < -0.4 is 0 Å². The third-order valence-electron chi connectivity index (χ3n) is 3.58. The second-order valence-electron chi connectivity index (χ2n) is 5.07. The average Bonchev–Trinajstić information content (AvgIpc) is 2.87. The maximum atomic E-state index is 12.1. The lowest BCUT2D eigenvalue weighted by molar-refractivity contribution is -0.113. The fourth-order valence-electron chi connectivity index (χ4n) is 2.55. The maximum absolute atomic E-state index is 12.1. The Labute approximate surface area is 128 Å². The van der Waals surface area contributed by atoms with E-state index in [1.807, 2.05) is 19.1 Å². The zero-order valence-corrected chi connectivity index (χ0v) is 12.3. The Morgan fingerprint density at radius 2 is 1.82 bits per heavy atom. The predicted octanol–water partition coefficient (Wildman–Crippen LogP) is 2.78. The van der Waals surface area contributed by atoms with Gasteiger partial charge < -0.3 is 0 Å². The zero-order chi connectivity index (χ0) is 15.7. The van der Waals surface area contributed by atoms with E-state index in [0.717, 1.165) is 27.5 Å². The highest BCUT2D eigenvalue weighted by Crippen LogP contribution is 2.32. The maximum Gasteiger partial charge on any atom is 0.162 e. The standard InChI is InChI=1S/C17H15N3O2/c1-11-15(12(2)21)17(13-3-7-18-8-4-13)19-16(11)14-5-9-20(22)10-6-14/h3-10,22H,1-2H3. The molecule has 1 N–H and O–H groups in total. The van der Waals surface area contributed by atoms with Gasteiger partial charge in [-0.3, -0.25) is 15.0 Å². The normalized spacial score (nSPS) is 17.4. The molecule has 0 saturated heterocycles. The van der Waals surface area contributed by atoms with E-state index < -0.39 is 0 Å². The lowest BCUT2D eigenvalue weighted by atomic mass is 9.96. The molecule has 22 heavy (non-hydrogen) atoms. The number of hydroxylamine groups is 2. The third kappa shape index (κ3) is 2.42. The van der Waals surface area contributed by atoms with E-state index in [-0.39, 0.29) is 5.78 Å². The number of rotatable bonds is 2. The molecule has 0 saturated carbocycles. The Morgan fingerprint density at radius 1 is 1.18 bits per heavy atom. The molecule has 5 nitrogen and oxygen atoms in total. The van der Waals surface area contributed by atoms with Gasteiger partial charge in [0.1, 0.15) is 0 Å². The van der Waals surface area contributed by atoms with Crippen molar-refractivity contribution in [2.45, 2.75) is 13.8 Å². The molecule has 2 aliphatic heterocycles. The fraction of sp³-hybridized carbons (Fsp3) is 0.118. The molecule has 1 aromatic heterocycles. The summed E-state index contributed by atoms with van der Waals surface area (Å²) in [5.41, 5.74) is 4.60. The molecule has 3 rings (SSSR count). The van der Waals surface area contributed by atoms with Crippen molar-refractivity contribution in [3.05, 3.63) is 77.1 Å². The van der Waals surface area contributed by atoms with Crippen molar-refractivity contribution in [3.8, 4) is 0 Å². The molecule has 0 aliphatic carbocycles. The van der Waals surface area contributed by atoms with Gasteiger partial charge in [0.05, 0.1) is 11.4 Å². The highest BCUT2D eigenvalue weighted by molar-refractivity contribution is 6.30. The first-order chi connectivity index (χ1) is 10.6. The van der Waals surface area contributed by atoms with Gasteiger partial charge in [-0.05, 0) is 43.7 Å². The number of ketones is 1. The lowest BCUT2D eigenvalue weighted by Crippen LogP contribution is -2.10. The Balaban J connectivity index is 2.17. The van der Waals surface area contributed by atoms with E-state index in [2.05, 4.69) is 9.98 Å². The molecule has 0 aromatic carbocycles. The topological polar surface area (TPSA) is 65.8 Å². The summed E-state index contributed by atoms with van der Waals surface area (Å²) in [5, 5.41) is 10.3. The molecular weight excluding hydrogens is 278 g/mol. The highest BCUT2D eigenvalue weighted by atomic mass is 16.5. The summed E-state index contributed by atoms with van der Waals surface area (Å²) in [5.74, 6) is -0.0174. The monoisotopic (exact) mass is 293 g/mol. The molecule has 0 fully saturated rings. The molecule has 1 aromatic rings. The first kappa shape index (κ1) is 14.2. The SMILES string of the molecule is CC(=O)C1=C(C)C(=C2C=CN(O)C=C2)N=C1c1ccncc1. The zero-order valence-electron chi connectivity index (χ0n) is 12.3. The number of allylic oxidation sites excluding steroid dienone is 5. The summed E-state index contributed by atoms with van der Waals surface area (Å²) < 4.78 is 0. The number of carbonyl (C=O) groups is 1. The molecule has 0 bridgehead atoms. The summed E-state index contributed by atoms with van der Waals surface area (Å²) in [6.45, 7) is 3.44. The van der Waals surface area contributed by atoms with Crippen molar-refractivity contribution in [2.75, 3.05) is 0 Å². The second kappa shape index (κ2) is 5.54. The van der Waals surface area contributed by atoms with Gasteiger partial charge in [-0.1, -0.05) is 0 Å². The number of hydrogen-bond acceptors (Lipinski definition) is 5. The van der Waals surface area contributed by atoms with Crippen molar-refractivity contribution in [1.29, 1.82) is 0 Å². The van der Waals surface area contributed by atoms with Gasteiger partial charge in [-0.2, -0.15) is 0 Å². The number of aromatic nitrogens is 1. The number of aliphatic imine (C=N–C) groups is 1. The van der Waals surface area contributed by atoms with E-state index in [4.69, 9.17) is 0 Å². The average molecular weight is 293 g/mol. The molecule has 0 atom stereocenters. The summed E-state index contributed by atoms with van der Waals surface area (Å²) in [4.78, 5) is 20.7. The van der Waals surface area contributed by atoms with Crippen molar-refractivity contribution in [2.24, 2.45) is 4.99 Å². The van der Waals surface area contributed by atoms with Gasteiger partial charge in [-0.15, -0.1) is 0 Å². The van der Waals surface area contributed by atoms with Crippen LogP contribution in [0.1, 0.15) is 19.4 Å². The van der Waals surface area contributed by atoms with Crippen LogP contribution in [0.2, 0.25) is 0 Å². The predicted molar refractivity (Wildman–Crippen MR) is 83.1 cm³/mol.